The van der Waals surface area contributed by atoms with Gasteiger partial charge in [0.05, 0.1) is 11.0 Å². The van der Waals surface area contributed by atoms with Crippen molar-refractivity contribution in [2.24, 2.45) is 11.1 Å². The molecule has 1 saturated heterocycles. The molecule has 0 aromatic carbocycles. The molecule has 4 nitrogen and oxygen atoms in total. The van der Waals surface area contributed by atoms with Crippen molar-refractivity contribution in [3.63, 3.8) is 0 Å². The third-order valence-electron chi connectivity index (χ3n) is 5.16. The second-order valence-electron chi connectivity index (χ2n) is 6.80. The summed E-state index contributed by atoms with van der Waals surface area (Å²) in [6, 6.07) is 0.198. The second-order valence-corrected chi connectivity index (χ2v) is 7.27. The van der Waals surface area contributed by atoms with Crippen molar-refractivity contribution in [3.8, 4) is 0 Å². The van der Waals surface area contributed by atoms with Gasteiger partial charge in [0.15, 0.2) is 0 Å². The Bertz CT molecular complexity index is 385. The van der Waals surface area contributed by atoms with Crippen LogP contribution in [-0.2, 0) is 4.79 Å². The first-order valence-electron chi connectivity index (χ1n) is 8.30. The fourth-order valence-corrected chi connectivity index (χ4v) is 4.03. The number of nitrogens with two attached hydrogens (primary N) is 1. The van der Waals surface area contributed by atoms with Gasteiger partial charge < -0.3 is 10.6 Å². The zero-order chi connectivity index (χ0) is 15.5. The number of hydrogen-bond donors (Lipinski definition) is 1. The Balaban J connectivity index is 1.90. The first-order valence-corrected chi connectivity index (χ1v) is 8.71. The van der Waals surface area contributed by atoms with Gasteiger partial charge in [0, 0.05) is 31.6 Å². The fraction of sp³-hybridized carbons (Fsp3) is 0.875. The van der Waals surface area contributed by atoms with Crippen LogP contribution in [0.5, 0.6) is 0 Å². The standard InChI is InChI=1S/C16H29N3OS/c1-3-6-13(14(17)21)18-9-11-19(12-10-18)15(20)16(2)7-4-5-8-16/h13H,3-12H2,1-2H3,(H2,17,21). The lowest BCUT2D eigenvalue weighted by atomic mass is 9.87. The maximum atomic E-state index is 12.7. The van der Waals surface area contributed by atoms with Crippen LogP contribution in [0.4, 0.5) is 0 Å². The molecule has 1 unspecified atom stereocenters. The molecule has 2 aliphatic rings. The summed E-state index contributed by atoms with van der Waals surface area (Å²) >= 11 is 5.20. The molecule has 120 valence electrons. The van der Waals surface area contributed by atoms with Gasteiger partial charge in [-0.25, -0.2) is 0 Å². The van der Waals surface area contributed by atoms with Gasteiger partial charge in [-0.2, -0.15) is 0 Å². The second kappa shape index (κ2) is 7.05. The molecule has 0 aromatic heterocycles. The van der Waals surface area contributed by atoms with E-state index in [0.29, 0.717) is 10.9 Å². The number of amides is 1. The normalized spacial score (nSPS) is 24.0. The van der Waals surface area contributed by atoms with E-state index in [1.165, 1.54) is 12.8 Å². The molecule has 1 amide bonds. The number of carbonyl (C=O) groups excluding carboxylic acids is 1. The van der Waals surface area contributed by atoms with E-state index in [-0.39, 0.29) is 11.5 Å². The number of nitrogens with zero attached hydrogens (tertiary/aromatic N) is 2. The van der Waals surface area contributed by atoms with Gasteiger partial charge in [-0.15, -0.1) is 0 Å². The summed E-state index contributed by atoms with van der Waals surface area (Å²) in [5.41, 5.74) is 5.77. The molecular formula is C16H29N3OS. The lowest BCUT2D eigenvalue weighted by Gasteiger charge is -2.41. The molecule has 1 aliphatic carbocycles. The van der Waals surface area contributed by atoms with E-state index in [1.807, 2.05) is 0 Å². The SMILES string of the molecule is CCCC(C(N)=S)N1CCN(C(=O)C2(C)CCCC2)CC1. The van der Waals surface area contributed by atoms with Gasteiger partial charge in [-0.05, 0) is 19.3 Å². The molecular weight excluding hydrogens is 282 g/mol. The van der Waals surface area contributed by atoms with E-state index in [0.717, 1.165) is 51.9 Å². The minimum Gasteiger partial charge on any atom is -0.392 e. The Morgan fingerprint density at radius 3 is 2.29 bits per heavy atom. The lowest BCUT2D eigenvalue weighted by molar-refractivity contribution is -0.143. The van der Waals surface area contributed by atoms with Crippen LogP contribution in [0.1, 0.15) is 52.4 Å². The molecule has 1 saturated carbocycles. The van der Waals surface area contributed by atoms with Crippen molar-refractivity contribution < 1.29 is 4.79 Å². The molecule has 0 bridgehead atoms. The molecule has 21 heavy (non-hydrogen) atoms. The number of hydrogen-bond acceptors (Lipinski definition) is 3. The van der Waals surface area contributed by atoms with Crippen LogP contribution in [0.3, 0.4) is 0 Å². The third kappa shape index (κ3) is 3.75. The summed E-state index contributed by atoms with van der Waals surface area (Å²) in [7, 11) is 0. The molecule has 0 aromatic rings. The summed E-state index contributed by atoms with van der Waals surface area (Å²) in [6.07, 6.45) is 6.60. The highest BCUT2D eigenvalue weighted by molar-refractivity contribution is 7.80. The maximum Gasteiger partial charge on any atom is 0.228 e. The van der Waals surface area contributed by atoms with E-state index in [4.69, 9.17) is 18.0 Å². The quantitative estimate of drug-likeness (QED) is 0.791. The number of piperazine rings is 1. The van der Waals surface area contributed by atoms with Gasteiger partial charge in [0.2, 0.25) is 5.91 Å². The molecule has 2 fully saturated rings. The monoisotopic (exact) mass is 311 g/mol. The van der Waals surface area contributed by atoms with Crippen molar-refractivity contribution in [2.75, 3.05) is 26.2 Å². The minimum absolute atomic E-state index is 0.103. The average molecular weight is 311 g/mol. The van der Waals surface area contributed by atoms with Crippen molar-refractivity contribution >= 4 is 23.1 Å². The smallest absolute Gasteiger partial charge is 0.228 e. The Labute approximate surface area is 134 Å². The van der Waals surface area contributed by atoms with E-state index in [9.17, 15) is 4.79 Å². The first kappa shape index (κ1) is 16.7. The van der Waals surface area contributed by atoms with E-state index < -0.39 is 0 Å². The van der Waals surface area contributed by atoms with Gasteiger partial charge >= 0.3 is 0 Å². The summed E-state index contributed by atoms with van der Waals surface area (Å²) < 4.78 is 0. The number of rotatable bonds is 5. The topological polar surface area (TPSA) is 49.6 Å². The predicted molar refractivity (Wildman–Crippen MR) is 90.2 cm³/mol. The molecule has 5 heteroatoms. The highest BCUT2D eigenvalue weighted by Gasteiger charge is 2.40. The van der Waals surface area contributed by atoms with Gasteiger partial charge in [0.1, 0.15) is 0 Å². The van der Waals surface area contributed by atoms with Crippen LogP contribution in [-0.4, -0.2) is 52.9 Å². The molecule has 0 radical (unpaired) electrons. The number of carbonyl (C=O) groups is 1. The first-order chi connectivity index (χ1) is 9.98. The summed E-state index contributed by atoms with van der Waals surface area (Å²) in [5, 5.41) is 0. The van der Waals surface area contributed by atoms with Crippen LogP contribution in [0.25, 0.3) is 0 Å². The van der Waals surface area contributed by atoms with Crippen LogP contribution >= 0.6 is 12.2 Å². The zero-order valence-electron chi connectivity index (χ0n) is 13.4. The van der Waals surface area contributed by atoms with Gasteiger partial charge in [-0.1, -0.05) is 45.3 Å². The maximum absolute atomic E-state index is 12.7. The van der Waals surface area contributed by atoms with Crippen LogP contribution in [0.15, 0.2) is 0 Å². The molecule has 1 aliphatic heterocycles. The Morgan fingerprint density at radius 2 is 1.81 bits per heavy atom. The Kier molecular flexibility index (Phi) is 5.60. The molecule has 1 atom stereocenters. The largest absolute Gasteiger partial charge is 0.392 e. The van der Waals surface area contributed by atoms with Crippen molar-refractivity contribution in [1.29, 1.82) is 0 Å². The Morgan fingerprint density at radius 1 is 1.24 bits per heavy atom. The fourth-order valence-electron chi connectivity index (χ4n) is 3.77. The lowest BCUT2D eigenvalue weighted by Crippen LogP contribution is -2.56. The van der Waals surface area contributed by atoms with Crippen molar-refractivity contribution in [1.82, 2.24) is 9.80 Å². The summed E-state index contributed by atoms with van der Waals surface area (Å²) in [5.74, 6) is 0.363. The summed E-state index contributed by atoms with van der Waals surface area (Å²) in [6.45, 7) is 7.72. The van der Waals surface area contributed by atoms with Crippen LogP contribution in [0.2, 0.25) is 0 Å². The third-order valence-corrected chi connectivity index (χ3v) is 5.43. The molecule has 1 heterocycles. The highest BCUT2D eigenvalue weighted by atomic mass is 32.1. The van der Waals surface area contributed by atoms with Crippen molar-refractivity contribution in [2.45, 2.75) is 58.4 Å². The van der Waals surface area contributed by atoms with Crippen molar-refractivity contribution in [3.05, 3.63) is 0 Å². The number of thiocarbonyl (C=S) groups is 1. The highest BCUT2D eigenvalue weighted by Crippen LogP contribution is 2.39. The van der Waals surface area contributed by atoms with E-state index >= 15 is 0 Å². The summed E-state index contributed by atoms with van der Waals surface area (Å²) in [4.78, 5) is 17.7. The zero-order valence-corrected chi connectivity index (χ0v) is 14.3. The molecule has 2 rings (SSSR count). The van der Waals surface area contributed by atoms with E-state index in [1.54, 1.807) is 0 Å². The van der Waals surface area contributed by atoms with Gasteiger partial charge in [0.25, 0.3) is 0 Å². The Hall–Kier alpha value is -0.680. The molecule has 2 N–H and O–H groups in total. The predicted octanol–water partition coefficient (Wildman–Crippen LogP) is 2.17. The van der Waals surface area contributed by atoms with Crippen LogP contribution < -0.4 is 5.73 Å². The van der Waals surface area contributed by atoms with E-state index in [2.05, 4.69) is 23.6 Å². The molecule has 0 spiro atoms. The van der Waals surface area contributed by atoms with Crippen LogP contribution in [0, 0.1) is 5.41 Å². The average Bonchev–Trinajstić information content (AvgIpc) is 2.92. The van der Waals surface area contributed by atoms with Gasteiger partial charge in [-0.3, -0.25) is 9.69 Å². The minimum atomic E-state index is -0.103.